The molecule has 27 heavy (non-hydrogen) atoms. The smallest absolute Gasteiger partial charge is 0.336 e. The van der Waals surface area contributed by atoms with Crippen LogP contribution in [0, 0.1) is 6.92 Å². The van der Waals surface area contributed by atoms with E-state index in [1.807, 2.05) is 44.2 Å². The van der Waals surface area contributed by atoms with Gasteiger partial charge < -0.3 is 14.1 Å². The van der Waals surface area contributed by atoms with Gasteiger partial charge in [-0.15, -0.1) is 0 Å². The highest BCUT2D eigenvalue weighted by atomic mass is 16.5. The van der Waals surface area contributed by atoms with Crippen LogP contribution in [0.15, 0.2) is 57.7 Å². The molecule has 0 aliphatic heterocycles. The molecular formula is C22H23NO4. The Balaban J connectivity index is 1.68. The highest BCUT2D eigenvalue weighted by Crippen LogP contribution is 2.23. The Morgan fingerprint density at radius 1 is 1.11 bits per heavy atom. The first-order chi connectivity index (χ1) is 13.0. The molecule has 1 heterocycles. The van der Waals surface area contributed by atoms with Crippen molar-refractivity contribution in [3.63, 3.8) is 0 Å². The third kappa shape index (κ3) is 4.37. The van der Waals surface area contributed by atoms with Crippen molar-refractivity contribution in [1.82, 2.24) is 4.90 Å². The molecule has 3 rings (SSSR count). The lowest BCUT2D eigenvalue weighted by Crippen LogP contribution is -2.31. The van der Waals surface area contributed by atoms with Crippen LogP contribution in [-0.4, -0.2) is 24.5 Å². The molecule has 0 saturated heterocycles. The van der Waals surface area contributed by atoms with E-state index >= 15 is 0 Å². The first kappa shape index (κ1) is 18.7. The third-order valence-electron chi connectivity index (χ3n) is 4.64. The molecule has 0 saturated carbocycles. The minimum atomic E-state index is -0.384. The van der Waals surface area contributed by atoms with E-state index < -0.39 is 0 Å². The fraction of sp³-hybridized carbons (Fsp3) is 0.273. The van der Waals surface area contributed by atoms with E-state index in [-0.39, 0.29) is 18.1 Å². The molecule has 5 heteroatoms. The molecule has 0 aliphatic rings. The SMILES string of the molecule is CCc1cc(=O)oc2cc(OCC(=O)N(C)Cc3ccccc3C)ccc12. The van der Waals surface area contributed by atoms with E-state index in [0.29, 0.717) is 17.9 Å². The average molecular weight is 365 g/mol. The summed E-state index contributed by atoms with van der Waals surface area (Å²) in [6, 6.07) is 14.8. The number of hydrogen-bond acceptors (Lipinski definition) is 4. The van der Waals surface area contributed by atoms with Gasteiger partial charge in [0.15, 0.2) is 6.61 Å². The summed E-state index contributed by atoms with van der Waals surface area (Å²) in [4.78, 5) is 25.7. The van der Waals surface area contributed by atoms with Crippen LogP contribution >= 0.6 is 0 Å². The average Bonchev–Trinajstić information content (AvgIpc) is 2.66. The van der Waals surface area contributed by atoms with Crippen LogP contribution in [0.2, 0.25) is 0 Å². The lowest BCUT2D eigenvalue weighted by molar-refractivity contribution is -0.132. The van der Waals surface area contributed by atoms with Crippen LogP contribution in [0.4, 0.5) is 0 Å². The maximum atomic E-state index is 12.4. The summed E-state index contributed by atoms with van der Waals surface area (Å²) in [5.74, 6) is 0.374. The van der Waals surface area contributed by atoms with Crippen molar-refractivity contribution in [2.24, 2.45) is 0 Å². The Kier molecular flexibility index (Phi) is 5.60. The number of likely N-dealkylation sites (N-methyl/N-ethyl adjacent to an activating group) is 1. The molecule has 0 bridgehead atoms. The molecule has 3 aromatic rings. The molecular weight excluding hydrogens is 342 g/mol. The predicted octanol–water partition coefficient (Wildman–Crippen LogP) is 3.70. The molecule has 0 aliphatic carbocycles. The number of rotatable bonds is 6. The van der Waals surface area contributed by atoms with Gasteiger partial charge in [0, 0.05) is 31.1 Å². The van der Waals surface area contributed by atoms with Gasteiger partial charge in [0.25, 0.3) is 5.91 Å². The summed E-state index contributed by atoms with van der Waals surface area (Å²) in [7, 11) is 1.76. The van der Waals surface area contributed by atoms with E-state index in [1.165, 1.54) is 6.07 Å². The van der Waals surface area contributed by atoms with Crippen molar-refractivity contribution < 1.29 is 13.9 Å². The first-order valence-corrected chi connectivity index (χ1v) is 8.96. The normalized spacial score (nSPS) is 10.8. The standard InChI is InChI=1S/C22H23NO4/c1-4-16-11-22(25)27-20-12-18(9-10-19(16)20)26-14-21(24)23(3)13-17-8-6-5-7-15(17)2/h5-12H,4,13-14H2,1-3H3. The topological polar surface area (TPSA) is 59.8 Å². The van der Waals surface area contributed by atoms with Gasteiger partial charge in [-0.05, 0) is 42.2 Å². The molecule has 0 radical (unpaired) electrons. The number of benzene rings is 2. The molecule has 0 fully saturated rings. The number of ether oxygens (including phenoxy) is 1. The Bertz CT molecular complexity index is 1020. The molecule has 1 amide bonds. The van der Waals surface area contributed by atoms with Gasteiger partial charge in [-0.3, -0.25) is 4.79 Å². The fourth-order valence-corrected chi connectivity index (χ4v) is 2.98. The van der Waals surface area contributed by atoms with E-state index in [4.69, 9.17) is 9.15 Å². The van der Waals surface area contributed by atoms with Gasteiger partial charge >= 0.3 is 5.63 Å². The highest BCUT2D eigenvalue weighted by Gasteiger charge is 2.12. The Morgan fingerprint density at radius 3 is 2.63 bits per heavy atom. The Hall–Kier alpha value is -3.08. The molecule has 140 valence electrons. The van der Waals surface area contributed by atoms with Crippen LogP contribution in [-0.2, 0) is 17.8 Å². The summed E-state index contributed by atoms with van der Waals surface area (Å²) in [5.41, 5.74) is 3.27. The minimum Gasteiger partial charge on any atom is -0.484 e. The lowest BCUT2D eigenvalue weighted by atomic mass is 10.1. The third-order valence-corrected chi connectivity index (χ3v) is 4.64. The summed E-state index contributed by atoms with van der Waals surface area (Å²) >= 11 is 0. The lowest BCUT2D eigenvalue weighted by Gasteiger charge is -2.18. The van der Waals surface area contributed by atoms with E-state index in [0.717, 1.165) is 28.5 Å². The van der Waals surface area contributed by atoms with Gasteiger partial charge in [-0.25, -0.2) is 4.79 Å². The van der Waals surface area contributed by atoms with Gasteiger partial charge in [-0.2, -0.15) is 0 Å². The van der Waals surface area contributed by atoms with Crippen molar-refractivity contribution in [2.75, 3.05) is 13.7 Å². The summed E-state index contributed by atoms with van der Waals surface area (Å²) in [5, 5.41) is 0.882. The zero-order valence-corrected chi connectivity index (χ0v) is 15.8. The van der Waals surface area contributed by atoms with Crippen LogP contribution in [0.25, 0.3) is 11.0 Å². The number of fused-ring (bicyclic) bond motifs is 1. The second kappa shape index (κ2) is 8.08. The number of amides is 1. The van der Waals surface area contributed by atoms with Crippen LogP contribution < -0.4 is 10.4 Å². The first-order valence-electron chi connectivity index (χ1n) is 8.96. The number of nitrogens with zero attached hydrogens (tertiary/aromatic N) is 1. The zero-order valence-electron chi connectivity index (χ0n) is 15.8. The number of carbonyl (C=O) groups excluding carboxylic acids is 1. The second-order valence-corrected chi connectivity index (χ2v) is 6.57. The molecule has 1 aromatic heterocycles. The zero-order chi connectivity index (χ0) is 19.4. The number of hydrogen-bond donors (Lipinski definition) is 0. The van der Waals surface area contributed by atoms with E-state index in [2.05, 4.69) is 0 Å². The van der Waals surface area contributed by atoms with Crippen molar-refractivity contribution in [2.45, 2.75) is 26.8 Å². The molecule has 0 atom stereocenters. The summed E-state index contributed by atoms with van der Waals surface area (Å²) in [6.45, 7) is 4.46. The Labute approximate surface area is 158 Å². The number of aryl methyl sites for hydroxylation is 2. The monoisotopic (exact) mass is 365 g/mol. The number of carbonyl (C=O) groups is 1. The van der Waals surface area contributed by atoms with Gasteiger partial charge in [0.1, 0.15) is 11.3 Å². The molecule has 2 aromatic carbocycles. The van der Waals surface area contributed by atoms with E-state index in [1.54, 1.807) is 24.1 Å². The van der Waals surface area contributed by atoms with Crippen LogP contribution in [0.5, 0.6) is 5.75 Å². The predicted molar refractivity (Wildman–Crippen MR) is 105 cm³/mol. The largest absolute Gasteiger partial charge is 0.484 e. The van der Waals surface area contributed by atoms with Gasteiger partial charge in [0.2, 0.25) is 0 Å². The van der Waals surface area contributed by atoms with Gasteiger partial charge in [-0.1, -0.05) is 31.2 Å². The minimum absolute atomic E-state index is 0.0778. The molecule has 0 unspecified atom stereocenters. The summed E-state index contributed by atoms with van der Waals surface area (Å²) < 4.78 is 10.9. The quantitative estimate of drug-likeness (QED) is 0.625. The Morgan fingerprint density at radius 2 is 1.89 bits per heavy atom. The molecule has 5 nitrogen and oxygen atoms in total. The molecule has 0 spiro atoms. The highest BCUT2D eigenvalue weighted by molar-refractivity contribution is 5.82. The van der Waals surface area contributed by atoms with Crippen molar-refractivity contribution >= 4 is 16.9 Å². The van der Waals surface area contributed by atoms with Crippen molar-refractivity contribution in [3.8, 4) is 5.75 Å². The maximum absolute atomic E-state index is 12.4. The van der Waals surface area contributed by atoms with Gasteiger partial charge in [0.05, 0.1) is 0 Å². The van der Waals surface area contributed by atoms with Crippen LogP contribution in [0.3, 0.4) is 0 Å². The van der Waals surface area contributed by atoms with Crippen molar-refractivity contribution in [1.29, 1.82) is 0 Å². The van der Waals surface area contributed by atoms with Crippen LogP contribution in [0.1, 0.15) is 23.6 Å². The summed E-state index contributed by atoms with van der Waals surface area (Å²) in [6.07, 6.45) is 0.741. The fourth-order valence-electron chi connectivity index (χ4n) is 2.98. The molecule has 0 N–H and O–H groups in total. The second-order valence-electron chi connectivity index (χ2n) is 6.57. The maximum Gasteiger partial charge on any atom is 0.336 e. The van der Waals surface area contributed by atoms with Crippen molar-refractivity contribution in [3.05, 3.63) is 75.6 Å². The van der Waals surface area contributed by atoms with E-state index in [9.17, 15) is 9.59 Å².